The second-order valence-electron chi connectivity index (χ2n) is 6.71. The molecule has 1 heterocycles. The molecule has 1 aliphatic rings. The maximum absolute atomic E-state index is 9.71. The van der Waals surface area contributed by atoms with E-state index in [1.54, 1.807) is 0 Å². The minimum Gasteiger partial charge on any atom is -0.494 e. The number of nitrogens with one attached hydrogen (secondary N) is 1. The Kier molecular flexibility index (Phi) is 10.9. The molecular formula is C19H33IN4O2. The van der Waals surface area contributed by atoms with Crippen LogP contribution in [0.3, 0.4) is 0 Å². The predicted octanol–water partition coefficient (Wildman–Crippen LogP) is 2.17. The molecule has 0 saturated carbocycles. The van der Waals surface area contributed by atoms with Crippen molar-refractivity contribution in [2.24, 2.45) is 4.99 Å². The number of nitrogens with zero attached hydrogens (tertiary/aromatic N) is 3. The standard InChI is InChI=1S/C19H32N4O2.HI/c1-4-20-19(23-12-10-17(24)15-23)21-14-16-6-8-18(9-7-16)25-13-5-11-22(2)3;/h6-9,17,24H,4-5,10-15H2,1-3H3,(H,20,21);1H/t17-;/m1./s1. The molecule has 148 valence electrons. The van der Waals surface area contributed by atoms with Gasteiger partial charge in [0.05, 0.1) is 19.3 Å². The highest BCUT2D eigenvalue weighted by molar-refractivity contribution is 14.0. The Labute approximate surface area is 174 Å². The van der Waals surface area contributed by atoms with Gasteiger partial charge in [-0.15, -0.1) is 24.0 Å². The van der Waals surface area contributed by atoms with Crippen molar-refractivity contribution in [1.82, 2.24) is 15.1 Å². The lowest BCUT2D eigenvalue weighted by Crippen LogP contribution is -2.40. The molecule has 1 atom stereocenters. The van der Waals surface area contributed by atoms with Crippen LogP contribution in [0.4, 0.5) is 0 Å². The van der Waals surface area contributed by atoms with E-state index in [4.69, 9.17) is 9.73 Å². The second-order valence-corrected chi connectivity index (χ2v) is 6.71. The fourth-order valence-electron chi connectivity index (χ4n) is 2.79. The van der Waals surface area contributed by atoms with Crippen LogP contribution in [0.25, 0.3) is 0 Å². The summed E-state index contributed by atoms with van der Waals surface area (Å²) in [4.78, 5) is 8.98. The van der Waals surface area contributed by atoms with Crippen molar-refractivity contribution in [3.63, 3.8) is 0 Å². The van der Waals surface area contributed by atoms with E-state index in [0.717, 1.165) is 56.4 Å². The van der Waals surface area contributed by atoms with Crippen LogP contribution in [0.2, 0.25) is 0 Å². The summed E-state index contributed by atoms with van der Waals surface area (Å²) in [5.74, 6) is 1.78. The van der Waals surface area contributed by atoms with Crippen LogP contribution in [0, 0.1) is 0 Å². The average Bonchev–Trinajstić information content (AvgIpc) is 3.02. The first-order valence-electron chi connectivity index (χ1n) is 9.16. The summed E-state index contributed by atoms with van der Waals surface area (Å²) in [6, 6.07) is 8.14. The summed E-state index contributed by atoms with van der Waals surface area (Å²) in [7, 11) is 4.14. The predicted molar refractivity (Wildman–Crippen MR) is 118 cm³/mol. The molecule has 1 fully saturated rings. The number of aliphatic hydroxyl groups is 1. The molecule has 2 N–H and O–H groups in total. The van der Waals surface area contributed by atoms with Crippen LogP contribution in [-0.2, 0) is 6.54 Å². The molecular weight excluding hydrogens is 443 g/mol. The molecule has 0 aliphatic carbocycles. The van der Waals surface area contributed by atoms with Gasteiger partial charge in [0, 0.05) is 26.2 Å². The topological polar surface area (TPSA) is 60.3 Å². The van der Waals surface area contributed by atoms with Crippen molar-refractivity contribution in [2.45, 2.75) is 32.4 Å². The SMILES string of the molecule is CCNC(=NCc1ccc(OCCCN(C)C)cc1)N1CC[C@@H](O)C1.I. The number of aliphatic hydroxyl groups excluding tert-OH is 1. The fourth-order valence-corrected chi connectivity index (χ4v) is 2.79. The molecule has 1 aromatic rings. The monoisotopic (exact) mass is 476 g/mol. The van der Waals surface area contributed by atoms with Crippen molar-refractivity contribution < 1.29 is 9.84 Å². The molecule has 1 aliphatic heterocycles. The van der Waals surface area contributed by atoms with E-state index in [1.807, 2.05) is 12.1 Å². The van der Waals surface area contributed by atoms with Crippen molar-refractivity contribution in [3.8, 4) is 5.75 Å². The Bertz CT molecular complexity index is 537. The summed E-state index contributed by atoms with van der Waals surface area (Å²) < 4.78 is 5.76. The Morgan fingerprint density at radius 2 is 2.08 bits per heavy atom. The zero-order chi connectivity index (χ0) is 18.1. The van der Waals surface area contributed by atoms with Gasteiger partial charge in [0.15, 0.2) is 5.96 Å². The Hall–Kier alpha value is -1.06. The lowest BCUT2D eigenvalue weighted by Gasteiger charge is -2.20. The van der Waals surface area contributed by atoms with Crippen molar-refractivity contribution in [3.05, 3.63) is 29.8 Å². The fraction of sp³-hybridized carbons (Fsp3) is 0.632. The van der Waals surface area contributed by atoms with E-state index in [0.29, 0.717) is 13.1 Å². The number of guanidine groups is 1. The Morgan fingerprint density at radius 3 is 2.65 bits per heavy atom. The van der Waals surface area contributed by atoms with Crippen LogP contribution in [-0.4, -0.2) is 73.9 Å². The number of aliphatic imine (C=N–C) groups is 1. The van der Waals surface area contributed by atoms with Gasteiger partial charge in [-0.25, -0.2) is 4.99 Å². The van der Waals surface area contributed by atoms with E-state index < -0.39 is 0 Å². The third-order valence-corrected chi connectivity index (χ3v) is 4.15. The maximum Gasteiger partial charge on any atom is 0.194 e. The van der Waals surface area contributed by atoms with Crippen LogP contribution in [0.1, 0.15) is 25.3 Å². The first kappa shape index (κ1) is 23.0. The molecule has 0 unspecified atom stereocenters. The zero-order valence-corrected chi connectivity index (χ0v) is 18.5. The lowest BCUT2D eigenvalue weighted by atomic mass is 10.2. The number of β-amino-alcohol motifs (C(OH)–C–C–N with tert-alkyl or cyclic N) is 1. The van der Waals surface area contributed by atoms with Crippen LogP contribution < -0.4 is 10.1 Å². The van der Waals surface area contributed by atoms with Crippen LogP contribution in [0.15, 0.2) is 29.3 Å². The van der Waals surface area contributed by atoms with Crippen LogP contribution in [0.5, 0.6) is 5.75 Å². The number of hydrogen-bond acceptors (Lipinski definition) is 4. The number of likely N-dealkylation sites (tertiary alicyclic amines) is 1. The highest BCUT2D eigenvalue weighted by Crippen LogP contribution is 2.14. The number of benzene rings is 1. The van der Waals surface area contributed by atoms with Gasteiger partial charge in [-0.2, -0.15) is 0 Å². The van der Waals surface area contributed by atoms with Crippen molar-refractivity contribution in [1.29, 1.82) is 0 Å². The summed E-state index contributed by atoms with van der Waals surface area (Å²) >= 11 is 0. The molecule has 7 heteroatoms. The van der Waals surface area contributed by atoms with E-state index >= 15 is 0 Å². The number of hydrogen-bond donors (Lipinski definition) is 2. The molecule has 1 aromatic carbocycles. The number of rotatable bonds is 8. The normalized spacial score (nSPS) is 17.3. The summed E-state index contributed by atoms with van der Waals surface area (Å²) in [5, 5.41) is 13.0. The van der Waals surface area contributed by atoms with Gasteiger partial charge in [0.25, 0.3) is 0 Å². The molecule has 6 nitrogen and oxygen atoms in total. The molecule has 0 spiro atoms. The van der Waals surface area contributed by atoms with Crippen molar-refractivity contribution >= 4 is 29.9 Å². The maximum atomic E-state index is 9.71. The molecule has 26 heavy (non-hydrogen) atoms. The molecule has 0 bridgehead atoms. The van der Waals surface area contributed by atoms with Gasteiger partial charge in [-0.3, -0.25) is 0 Å². The third kappa shape index (κ3) is 8.09. The zero-order valence-electron chi connectivity index (χ0n) is 16.1. The van der Waals surface area contributed by atoms with Gasteiger partial charge >= 0.3 is 0 Å². The minimum atomic E-state index is -0.243. The van der Waals surface area contributed by atoms with E-state index in [2.05, 4.69) is 48.3 Å². The van der Waals surface area contributed by atoms with Gasteiger partial charge < -0.3 is 25.0 Å². The number of halogens is 1. The molecule has 0 amide bonds. The van der Waals surface area contributed by atoms with Gasteiger partial charge in [-0.05, 0) is 51.6 Å². The first-order chi connectivity index (χ1) is 12.1. The minimum absolute atomic E-state index is 0. The van der Waals surface area contributed by atoms with Crippen molar-refractivity contribution in [2.75, 3.05) is 46.9 Å². The van der Waals surface area contributed by atoms with E-state index in [-0.39, 0.29) is 30.1 Å². The Morgan fingerprint density at radius 1 is 1.35 bits per heavy atom. The first-order valence-corrected chi connectivity index (χ1v) is 9.16. The molecule has 2 rings (SSSR count). The van der Waals surface area contributed by atoms with Gasteiger partial charge in [0.1, 0.15) is 5.75 Å². The second kappa shape index (κ2) is 12.3. The molecule has 0 aromatic heterocycles. The van der Waals surface area contributed by atoms with E-state index in [1.165, 1.54) is 0 Å². The van der Waals surface area contributed by atoms with Gasteiger partial charge in [0.2, 0.25) is 0 Å². The lowest BCUT2D eigenvalue weighted by molar-refractivity contribution is 0.188. The largest absolute Gasteiger partial charge is 0.494 e. The molecule has 1 saturated heterocycles. The number of ether oxygens (including phenoxy) is 1. The smallest absolute Gasteiger partial charge is 0.194 e. The summed E-state index contributed by atoms with van der Waals surface area (Å²) in [6.45, 7) is 6.78. The highest BCUT2D eigenvalue weighted by Gasteiger charge is 2.22. The third-order valence-electron chi connectivity index (χ3n) is 4.15. The summed E-state index contributed by atoms with van der Waals surface area (Å²) in [6.07, 6.45) is 1.59. The quantitative estimate of drug-likeness (QED) is 0.261. The summed E-state index contributed by atoms with van der Waals surface area (Å²) in [5.41, 5.74) is 1.15. The highest BCUT2D eigenvalue weighted by atomic mass is 127. The Balaban J connectivity index is 0.00000338. The van der Waals surface area contributed by atoms with Crippen LogP contribution >= 0.6 is 24.0 Å². The van der Waals surface area contributed by atoms with Gasteiger partial charge in [-0.1, -0.05) is 12.1 Å². The molecule has 0 radical (unpaired) electrons. The van der Waals surface area contributed by atoms with E-state index in [9.17, 15) is 5.11 Å². The average molecular weight is 476 g/mol.